The zero-order valence-corrected chi connectivity index (χ0v) is 14.6. The van der Waals surface area contributed by atoms with Crippen molar-refractivity contribution in [3.8, 4) is 5.69 Å². The van der Waals surface area contributed by atoms with E-state index in [2.05, 4.69) is 0 Å². The molecule has 1 aromatic carbocycles. The van der Waals surface area contributed by atoms with Crippen molar-refractivity contribution in [3.05, 3.63) is 62.4 Å². The SMILES string of the molecule is Cc1cc(=O)n([C@H](C)CS(N)(=O)=O)c(=O)n1-c1cccc(C(F)(F)F)c1. The lowest BCUT2D eigenvalue weighted by molar-refractivity contribution is -0.137. The van der Waals surface area contributed by atoms with Crippen LogP contribution in [0.3, 0.4) is 0 Å². The minimum absolute atomic E-state index is 0.0983. The molecule has 0 saturated heterocycles. The second kappa shape index (κ2) is 6.72. The van der Waals surface area contributed by atoms with Crippen LogP contribution in [0.25, 0.3) is 5.69 Å². The van der Waals surface area contributed by atoms with Crippen molar-refractivity contribution >= 4 is 10.0 Å². The molecule has 0 aliphatic carbocycles. The second-order valence-corrected chi connectivity index (χ2v) is 7.50. The van der Waals surface area contributed by atoms with Crippen molar-refractivity contribution in [2.75, 3.05) is 5.75 Å². The van der Waals surface area contributed by atoms with Gasteiger partial charge in [0.05, 0.1) is 23.0 Å². The highest BCUT2D eigenvalue weighted by atomic mass is 32.2. The molecule has 0 aliphatic rings. The molecule has 1 aromatic heterocycles. The Morgan fingerprint density at radius 2 is 1.81 bits per heavy atom. The normalized spacial score (nSPS) is 13.6. The zero-order valence-electron chi connectivity index (χ0n) is 13.8. The van der Waals surface area contributed by atoms with Gasteiger partial charge in [0.15, 0.2) is 0 Å². The van der Waals surface area contributed by atoms with E-state index in [0.717, 1.165) is 28.8 Å². The number of alkyl halides is 3. The molecule has 2 aromatic rings. The molecule has 0 radical (unpaired) electrons. The first-order valence-electron chi connectivity index (χ1n) is 7.34. The van der Waals surface area contributed by atoms with E-state index in [0.29, 0.717) is 4.57 Å². The third-order valence-corrected chi connectivity index (χ3v) is 4.61. The fourth-order valence-corrected chi connectivity index (χ4v) is 3.44. The molecule has 0 bridgehead atoms. The Bertz CT molecular complexity index is 1060. The average Bonchev–Trinajstić information content (AvgIpc) is 2.44. The molecule has 2 rings (SSSR count). The topological polar surface area (TPSA) is 104 Å². The number of aromatic nitrogens is 2. The third kappa shape index (κ3) is 4.22. The van der Waals surface area contributed by atoms with Gasteiger partial charge in [0, 0.05) is 11.8 Å². The minimum atomic E-state index is -4.61. The Balaban J connectivity index is 2.71. The fourth-order valence-electron chi connectivity index (χ4n) is 2.62. The highest BCUT2D eigenvalue weighted by molar-refractivity contribution is 7.89. The number of primary sulfonamides is 1. The summed E-state index contributed by atoms with van der Waals surface area (Å²) in [4.78, 5) is 24.8. The number of aryl methyl sites for hydroxylation is 1. The lowest BCUT2D eigenvalue weighted by Crippen LogP contribution is -2.43. The van der Waals surface area contributed by atoms with E-state index in [1.54, 1.807) is 0 Å². The maximum Gasteiger partial charge on any atom is 0.416 e. The molecule has 11 heteroatoms. The van der Waals surface area contributed by atoms with Crippen molar-refractivity contribution in [1.82, 2.24) is 9.13 Å². The number of nitrogens with zero attached hydrogens (tertiary/aromatic N) is 2. The molecule has 0 aliphatic heterocycles. The van der Waals surface area contributed by atoms with Crippen LogP contribution in [-0.2, 0) is 16.2 Å². The Labute approximate surface area is 146 Å². The van der Waals surface area contributed by atoms with Gasteiger partial charge in [-0.2, -0.15) is 13.2 Å². The Morgan fingerprint density at radius 1 is 1.19 bits per heavy atom. The summed E-state index contributed by atoms with van der Waals surface area (Å²) in [5, 5.41) is 4.94. The highest BCUT2D eigenvalue weighted by Gasteiger charge is 2.31. The number of sulfonamides is 1. The van der Waals surface area contributed by atoms with Crippen molar-refractivity contribution < 1.29 is 21.6 Å². The van der Waals surface area contributed by atoms with Gasteiger partial charge in [0.25, 0.3) is 5.56 Å². The number of benzene rings is 1. The van der Waals surface area contributed by atoms with E-state index >= 15 is 0 Å². The molecule has 1 atom stereocenters. The van der Waals surface area contributed by atoms with Gasteiger partial charge in [-0.25, -0.2) is 18.4 Å². The first-order valence-corrected chi connectivity index (χ1v) is 9.06. The summed E-state index contributed by atoms with van der Waals surface area (Å²) < 4.78 is 62.8. The maximum atomic E-state index is 12.9. The predicted octanol–water partition coefficient (Wildman–Crippen LogP) is 1.18. The zero-order chi connectivity index (χ0) is 19.9. The monoisotopic (exact) mass is 391 g/mol. The van der Waals surface area contributed by atoms with Crippen LogP contribution in [0.2, 0.25) is 0 Å². The summed E-state index contributed by atoms with van der Waals surface area (Å²) in [5.74, 6) is -0.673. The number of hydrogen-bond donors (Lipinski definition) is 1. The Hall–Kier alpha value is -2.40. The summed E-state index contributed by atoms with van der Waals surface area (Å²) in [6.07, 6.45) is -4.61. The van der Waals surface area contributed by atoms with Crippen molar-refractivity contribution in [3.63, 3.8) is 0 Å². The molecule has 26 heavy (non-hydrogen) atoms. The van der Waals surface area contributed by atoms with Gasteiger partial charge in [-0.15, -0.1) is 0 Å². The van der Waals surface area contributed by atoms with E-state index in [-0.39, 0.29) is 11.4 Å². The van der Waals surface area contributed by atoms with Crippen LogP contribution in [0.15, 0.2) is 39.9 Å². The van der Waals surface area contributed by atoms with Crippen LogP contribution in [0.1, 0.15) is 24.2 Å². The summed E-state index contributed by atoms with van der Waals surface area (Å²) in [5.41, 5.74) is -2.67. The Kier molecular flexibility index (Phi) is 5.15. The molecule has 0 amide bonds. The van der Waals surface area contributed by atoms with E-state index in [4.69, 9.17) is 5.14 Å². The molecular weight excluding hydrogens is 375 g/mol. The maximum absolute atomic E-state index is 12.9. The highest BCUT2D eigenvalue weighted by Crippen LogP contribution is 2.30. The van der Waals surface area contributed by atoms with Gasteiger partial charge in [0.2, 0.25) is 10.0 Å². The van der Waals surface area contributed by atoms with Crippen molar-refractivity contribution in [1.29, 1.82) is 0 Å². The minimum Gasteiger partial charge on any atom is -0.269 e. The first kappa shape index (κ1) is 19.9. The molecule has 1 heterocycles. The van der Waals surface area contributed by atoms with Crippen LogP contribution >= 0.6 is 0 Å². The largest absolute Gasteiger partial charge is 0.416 e. The van der Waals surface area contributed by atoms with E-state index in [1.807, 2.05) is 0 Å². The van der Waals surface area contributed by atoms with Gasteiger partial charge < -0.3 is 0 Å². The number of halogens is 3. The van der Waals surface area contributed by atoms with Crippen LogP contribution in [0.5, 0.6) is 0 Å². The molecule has 2 N–H and O–H groups in total. The van der Waals surface area contributed by atoms with E-state index in [1.165, 1.54) is 19.9 Å². The summed E-state index contributed by atoms with van der Waals surface area (Å²) in [7, 11) is -3.98. The van der Waals surface area contributed by atoms with Gasteiger partial charge in [-0.3, -0.25) is 13.9 Å². The molecule has 0 saturated carbocycles. The molecule has 7 nitrogen and oxygen atoms in total. The van der Waals surface area contributed by atoms with Crippen LogP contribution in [0, 0.1) is 6.92 Å². The second-order valence-electron chi connectivity index (χ2n) is 5.84. The van der Waals surface area contributed by atoms with E-state index in [9.17, 15) is 31.2 Å². The standard InChI is InChI=1S/C15H16F3N3O4S/c1-9-6-13(22)21(10(2)8-26(19,24)25)14(23)20(9)12-5-3-4-11(7-12)15(16,17)18/h3-7,10H,8H2,1-2H3,(H2,19,24,25)/t10-/m1/s1. The fraction of sp³-hybridized carbons (Fsp3) is 0.333. The summed E-state index contributed by atoms with van der Waals surface area (Å²) in [6.45, 7) is 2.69. The van der Waals surface area contributed by atoms with Gasteiger partial charge in [-0.1, -0.05) is 6.07 Å². The summed E-state index contributed by atoms with van der Waals surface area (Å²) in [6, 6.07) is 3.98. The van der Waals surface area contributed by atoms with Gasteiger partial charge in [0.1, 0.15) is 0 Å². The van der Waals surface area contributed by atoms with Crippen molar-refractivity contribution in [2.24, 2.45) is 5.14 Å². The summed E-state index contributed by atoms with van der Waals surface area (Å²) >= 11 is 0. The Morgan fingerprint density at radius 3 is 2.35 bits per heavy atom. The quantitative estimate of drug-likeness (QED) is 0.845. The number of hydrogen-bond acceptors (Lipinski definition) is 4. The predicted molar refractivity (Wildman–Crippen MR) is 88.7 cm³/mol. The van der Waals surface area contributed by atoms with Gasteiger partial charge in [-0.05, 0) is 32.0 Å². The molecule has 142 valence electrons. The average molecular weight is 391 g/mol. The molecular formula is C15H16F3N3O4S. The molecule has 0 unspecified atom stereocenters. The molecule has 0 fully saturated rings. The third-order valence-electron chi connectivity index (χ3n) is 3.67. The first-order chi connectivity index (χ1) is 11.8. The lowest BCUT2D eigenvalue weighted by Gasteiger charge is -2.18. The smallest absolute Gasteiger partial charge is 0.269 e. The van der Waals surface area contributed by atoms with Crippen LogP contribution in [0.4, 0.5) is 13.2 Å². The van der Waals surface area contributed by atoms with Crippen molar-refractivity contribution in [2.45, 2.75) is 26.1 Å². The van der Waals surface area contributed by atoms with Crippen LogP contribution < -0.4 is 16.4 Å². The number of rotatable bonds is 4. The molecule has 0 spiro atoms. The lowest BCUT2D eigenvalue weighted by atomic mass is 10.2. The van der Waals surface area contributed by atoms with Gasteiger partial charge >= 0.3 is 11.9 Å². The number of nitrogens with two attached hydrogens (primary N) is 1. The van der Waals surface area contributed by atoms with E-state index < -0.39 is 44.8 Å². The van der Waals surface area contributed by atoms with Crippen LogP contribution in [-0.4, -0.2) is 23.3 Å².